The summed E-state index contributed by atoms with van der Waals surface area (Å²) >= 11 is 0. The highest BCUT2D eigenvalue weighted by atomic mass is 16.3. The van der Waals surface area contributed by atoms with Gasteiger partial charge in [0, 0.05) is 19.2 Å². The Balaban J connectivity index is 2.16. The smallest absolute Gasteiger partial charge is 0.0728 e. The van der Waals surface area contributed by atoms with Gasteiger partial charge in [-0.1, -0.05) is 19.8 Å². The molecule has 90 valence electrons. The first kappa shape index (κ1) is 11.6. The largest absolute Gasteiger partial charge is 0.389 e. The molecule has 0 spiro atoms. The Bertz CT molecular complexity index is 372. The number of hydrogen-bond acceptors (Lipinski definition) is 2. The second-order valence-electron chi connectivity index (χ2n) is 5.33. The Labute approximate surface area is 97.5 Å². The molecule has 1 aliphatic carbocycles. The lowest BCUT2D eigenvalue weighted by Gasteiger charge is -2.38. The van der Waals surface area contributed by atoms with E-state index in [1.165, 1.54) is 6.42 Å². The summed E-state index contributed by atoms with van der Waals surface area (Å²) < 4.78 is 1.90. The van der Waals surface area contributed by atoms with E-state index in [-0.39, 0.29) is 0 Å². The Kier molecular flexibility index (Phi) is 3.06. The summed E-state index contributed by atoms with van der Waals surface area (Å²) in [5, 5.41) is 15.0. The van der Waals surface area contributed by atoms with Crippen molar-refractivity contribution in [2.75, 3.05) is 0 Å². The quantitative estimate of drug-likeness (QED) is 0.833. The van der Waals surface area contributed by atoms with E-state index in [4.69, 9.17) is 0 Å². The van der Waals surface area contributed by atoms with Crippen LogP contribution in [-0.2, 0) is 13.5 Å². The first-order valence-corrected chi connectivity index (χ1v) is 6.23. The average molecular weight is 222 g/mol. The zero-order valence-electron chi connectivity index (χ0n) is 10.5. The highest BCUT2D eigenvalue weighted by Gasteiger charge is 2.36. The predicted molar refractivity (Wildman–Crippen MR) is 64.2 cm³/mol. The topological polar surface area (TPSA) is 38.0 Å². The molecule has 1 fully saturated rings. The minimum absolute atomic E-state index is 0.399. The molecular weight excluding hydrogens is 200 g/mol. The summed E-state index contributed by atoms with van der Waals surface area (Å²) in [6.45, 7) is 4.17. The molecule has 1 aliphatic rings. The summed E-state index contributed by atoms with van der Waals surface area (Å²) in [4.78, 5) is 0. The minimum atomic E-state index is -0.515. The molecule has 0 bridgehead atoms. The van der Waals surface area contributed by atoms with Gasteiger partial charge < -0.3 is 5.11 Å². The Morgan fingerprint density at radius 2 is 2.31 bits per heavy atom. The SMILES string of the molecule is Cc1cc(CC2(O)CCCCC2C)n(C)n1. The zero-order valence-corrected chi connectivity index (χ0v) is 10.5. The van der Waals surface area contributed by atoms with E-state index < -0.39 is 5.60 Å². The van der Waals surface area contributed by atoms with Gasteiger partial charge in [0.15, 0.2) is 0 Å². The van der Waals surface area contributed by atoms with Crippen molar-refractivity contribution in [2.45, 2.75) is 51.6 Å². The van der Waals surface area contributed by atoms with Crippen LogP contribution < -0.4 is 0 Å². The van der Waals surface area contributed by atoms with Gasteiger partial charge in [0.05, 0.1) is 11.3 Å². The van der Waals surface area contributed by atoms with Gasteiger partial charge in [-0.05, 0) is 31.7 Å². The van der Waals surface area contributed by atoms with Crippen LogP contribution in [0.25, 0.3) is 0 Å². The van der Waals surface area contributed by atoms with E-state index in [9.17, 15) is 5.11 Å². The van der Waals surface area contributed by atoms with Crippen molar-refractivity contribution in [3.05, 3.63) is 17.5 Å². The van der Waals surface area contributed by atoms with Gasteiger partial charge in [-0.2, -0.15) is 5.10 Å². The molecule has 2 unspecified atom stereocenters. The van der Waals surface area contributed by atoms with E-state index in [1.807, 2.05) is 18.7 Å². The van der Waals surface area contributed by atoms with Crippen molar-refractivity contribution < 1.29 is 5.11 Å². The lowest BCUT2D eigenvalue weighted by molar-refractivity contribution is -0.0418. The molecule has 3 heteroatoms. The fourth-order valence-electron chi connectivity index (χ4n) is 2.80. The summed E-state index contributed by atoms with van der Waals surface area (Å²) in [7, 11) is 1.96. The van der Waals surface area contributed by atoms with Crippen molar-refractivity contribution in [3.8, 4) is 0 Å². The van der Waals surface area contributed by atoms with E-state index in [0.717, 1.165) is 37.1 Å². The lowest BCUT2D eigenvalue weighted by Crippen LogP contribution is -2.41. The van der Waals surface area contributed by atoms with Crippen LogP contribution in [0, 0.1) is 12.8 Å². The van der Waals surface area contributed by atoms with Crippen molar-refractivity contribution in [1.82, 2.24) is 9.78 Å². The van der Waals surface area contributed by atoms with Crippen LogP contribution >= 0.6 is 0 Å². The van der Waals surface area contributed by atoms with E-state index in [2.05, 4.69) is 18.1 Å². The molecule has 1 heterocycles. The molecule has 3 nitrogen and oxygen atoms in total. The molecular formula is C13H22N2O. The highest BCUT2D eigenvalue weighted by molar-refractivity contribution is 5.12. The monoisotopic (exact) mass is 222 g/mol. The zero-order chi connectivity index (χ0) is 11.8. The molecule has 0 aliphatic heterocycles. The standard InChI is InChI=1S/C13H22N2O/c1-10-6-4-5-7-13(10,16)9-12-8-11(2)14-15(12)3/h8,10,16H,4-7,9H2,1-3H3. The van der Waals surface area contributed by atoms with Crippen LogP contribution in [0.15, 0.2) is 6.07 Å². The van der Waals surface area contributed by atoms with Crippen molar-refractivity contribution in [3.63, 3.8) is 0 Å². The van der Waals surface area contributed by atoms with Crippen LogP contribution in [0.4, 0.5) is 0 Å². The van der Waals surface area contributed by atoms with Gasteiger partial charge in [0.1, 0.15) is 0 Å². The fraction of sp³-hybridized carbons (Fsp3) is 0.769. The normalized spacial score (nSPS) is 30.6. The summed E-state index contributed by atoms with van der Waals surface area (Å²) in [6.07, 6.45) is 5.22. The second-order valence-corrected chi connectivity index (χ2v) is 5.33. The van der Waals surface area contributed by atoms with E-state index in [1.54, 1.807) is 0 Å². The maximum absolute atomic E-state index is 10.7. The Hall–Kier alpha value is -0.830. The number of aliphatic hydroxyl groups is 1. The molecule has 1 aromatic rings. The van der Waals surface area contributed by atoms with Crippen LogP contribution in [0.5, 0.6) is 0 Å². The van der Waals surface area contributed by atoms with Gasteiger partial charge in [-0.3, -0.25) is 4.68 Å². The maximum Gasteiger partial charge on any atom is 0.0728 e. The first-order valence-electron chi connectivity index (χ1n) is 6.23. The Morgan fingerprint density at radius 3 is 2.88 bits per heavy atom. The molecule has 0 radical (unpaired) electrons. The van der Waals surface area contributed by atoms with Gasteiger partial charge >= 0.3 is 0 Å². The van der Waals surface area contributed by atoms with Gasteiger partial charge in [-0.25, -0.2) is 0 Å². The van der Waals surface area contributed by atoms with Gasteiger partial charge in [0.2, 0.25) is 0 Å². The molecule has 2 atom stereocenters. The van der Waals surface area contributed by atoms with Gasteiger partial charge in [-0.15, -0.1) is 0 Å². The molecule has 1 saturated carbocycles. The number of nitrogens with zero attached hydrogens (tertiary/aromatic N) is 2. The molecule has 0 aromatic carbocycles. The number of aromatic nitrogens is 2. The fourth-order valence-corrected chi connectivity index (χ4v) is 2.80. The molecule has 2 rings (SSSR count). The van der Waals surface area contributed by atoms with E-state index >= 15 is 0 Å². The van der Waals surface area contributed by atoms with Crippen molar-refractivity contribution in [2.24, 2.45) is 13.0 Å². The predicted octanol–water partition coefficient (Wildman–Crippen LogP) is 2.21. The molecule has 1 N–H and O–H groups in total. The van der Waals surface area contributed by atoms with Crippen LogP contribution in [-0.4, -0.2) is 20.5 Å². The maximum atomic E-state index is 10.7. The van der Waals surface area contributed by atoms with E-state index in [0.29, 0.717) is 5.92 Å². The first-order chi connectivity index (χ1) is 7.51. The lowest BCUT2D eigenvalue weighted by atomic mass is 9.74. The van der Waals surface area contributed by atoms with Gasteiger partial charge in [0.25, 0.3) is 0 Å². The summed E-state index contributed by atoms with van der Waals surface area (Å²) in [5.74, 6) is 0.399. The Morgan fingerprint density at radius 1 is 1.56 bits per heavy atom. The second kappa shape index (κ2) is 4.21. The van der Waals surface area contributed by atoms with Crippen molar-refractivity contribution >= 4 is 0 Å². The number of aryl methyl sites for hydroxylation is 2. The molecule has 0 amide bonds. The number of hydrogen-bond donors (Lipinski definition) is 1. The number of rotatable bonds is 2. The van der Waals surface area contributed by atoms with Crippen LogP contribution in [0.3, 0.4) is 0 Å². The molecule has 16 heavy (non-hydrogen) atoms. The van der Waals surface area contributed by atoms with Crippen LogP contribution in [0.2, 0.25) is 0 Å². The van der Waals surface area contributed by atoms with Crippen molar-refractivity contribution in [1.29, 1.82) is 0 Å². The third kappa shape index (κ3) is 2.14. The summed E-state index contributed by atoms with van der Waals surface area (Å²) in [5.41, 5.74) is 1.66. The third-order valence-corrected chi connectivity index (χ3v) is 4.00. The minimum Gasteiger partial charge on any atom is -0.389 e. The average Bonchev–Trinajstić information content (AvgIpc) is 2.50. The third-order valence-electron chi connectivity index (χ3n) is 4.00. The summed E-state index contributed by atoms with van der Waals surface area (Å²) in [6, 6.07) is 2.08. The highest BCUT2D eigenvalue weighted by Crippen LogP contribution is 2.36. The molecule has 1 aromatic heterocycles. The van der Waals surface area contributed by atoms with Crippen LogP contribution in [0.1, 0.15) is 44.0 Å². The molecule has 0 saturated heterocycles.